The molecule has 2 unspecified atom stereocenters. The number of aliphatic hydroxyl groups excluding tert-OH is 1. The average Bonchev–Trinajstić information content (AvgIpc) is 2.35. The lowest BCUT2D eigenvalue weighted by molar-refractivity contribution is 0.101. The molecule has 0 saturated carbocycles. The van der Waals surface area contributed by atoms with Crippen molar-refractivity contribution in [1.82, 2.24) is 4.90 Å². The number of aliphatic hydroxyl groups is 1. The van der Waals surface area contributed by atoms with Crippen molar-refractivity contribution in [3.05, 3.63) is 0 Å². The van der Waals surface area contributed by atoms with Gasteiger partial charge in [-0.2, -0.15) is 5.26 Å². The summed E-state index contributed by atoms with van der Waals surface area (Å²) in [7, 11) is -1.36. The van der Waals surface area contributed by atoms with Crippen molar-refractivity contribution in [2.45, 2.75) is 18.6 Å². The number of rotatable bonds is 3. The highest BCUT2D eigenvalue weighted by Gasteiger charge is 2.38. The molecule has 1 fully saturated rings. The van der Waals surface area contributed by atoms with Crippen LogP contribution in [0.2, 0.25) is 0 Å². The molecule has 2 atom stereocenters. The van der Waals surface area contributed by atoms with E-state index in [1.165, 1.54) is 0 Å². The molecule has 80 valence electrons. The molecule has 6 heteroatoms. The number of hydrogen-bond donors (Lipinski definition) is 1. The molecular weight excluding hydrogens is 204 g/mol. The molecule has 0 bridgehead atoms. The Hall–Kier alpha value is -0.640. The van der Waals surface area contributed by atoms with Gasteiger partial charge in [0.25, 0.3) is 0 Å². The molecule has 0 aromatic carbocycles. The van der Waals surface area contributed by atoms with E-state index >= 15 is 0 Å². The zero-order chi connectivity index (χ0) is 10.8. The predicted molar refractivity (Wildman–Crippen MR) is 51.3 cm³/mol. The Morgan fingerprint density at radius 3 is 2.64 bits per heavy atom. The van der Waals surface area contributed by atoms with Gasteiger partial charge < -0.3 is 5.11 Å². The van der Waals surface area contributed by atoms with Crippen molar-refractivity contribution < 1.29 is 13.5 Å². The minimum Gasteiger partial charge on any atom is -0.390 e. The first-order valence-electron chi connectivity index (χ1n) is 4.42. The molecular formula is C8H14N2O3S. The number of likely N-dealkylation sites (N-methyl/N-ethyl adjacent to an activating group) is 1. The van der Waals surface area contributed by atoms with Crippen LogP contribution in [0.1, 0.15) is 6.42 Å². The minimum absolute atomic E-state index is 0.00387. The van der Waals surface area contributed by atoms with Crippen LogP contribution in [0.4, 0.5) is 0 Å². The van der Waals surface area contributed by atoms with Gasteiger partial charge >= 0.3 is 0 Å². The molecule has 0 radical (unpaired) electrons. The average molecular weight is 218 g/mol. The van der Waals surface area contributed by atoms with Crippen LogP contribution in [0.25, 0.3) is 0 Å². The maximum Gasteiger partial charge on any atom is 0.154 e. The summed E-state index contributed by atoms with van der Waals surface area (Å²) in [5.74, 6) is -0.162. The van der Waals surface area contributed by atoms with Crippen LogP contribution < -0.4 is 0 Å². The third kappa shape index (κ3) is 2.67. The van der Waals surface area contributed by atoms with Crippen LogP contribution in [0.3, 0.4) is 0 Å². The molecule has 5 nitrogen and oxygen atoms in total. The Labute approximate surface area is 83.9 Å². The van der Waals surface area contributed by atoms with Gasteiger partial charge in [-0.15, -0.1) is 0 Å². The molecule has 1 heterocycles. The minimum atomic E-state index is -3.09. The number of sulfone groups is 1. The van der Waals surface area contributed by atoms with Gasteiger partial charge in [-0.1, -0.05) is 0 Å². The Bertz CT molecular complexity index is 333. The third-order valence-corrected chi connectivity index (χ3v) is 4.13. The van der Waals surface area contributed by atoms with E-state index in [1.54, 1.807) is 11.9 Å². The predicted octanol–water partition coefficient (Wildman–Crippen LogP) is -1.01. The summed E-state index contributed by atoms with van der Waals surface area (Å²) in [5, 5.41) is 17.9. The van der Waals surface area contributed by atoms with E-state index in [0.29, 0.717) is 13.0 Å². The van der Waals surface area contributed by atoms with Crippen LogP contribution >= 0.6 is 0 Å². The Morgan fingerprint density at radius 2 is 2.21 bits per heavy atom. The van der Waals surface area contributed by atoms with Crippen molar-refractivity contribution in [3.8, 4) is 6.07 Å². The van der Waals surface area contributed by atoms with Crippen molar-refractivity contribution in [2.75, 3.05) is 25.1 Å². The van der Waals surface area contributed by atoms with Crippen LogP contribution in [-0.4, -0.2) is 55.7 Å². The fourth-order valence-electron chi connectivity index (χ4n) is 1.62. The van der Waals surface area contributed by atoms with Crippen LogP contribution in [0.15, 0.2) is 0 Å². The first-order chi connectivity index (χ1) is 6.46. The van der Waals surface area contributed by atoms with Gasteiger partial charge in [0.1, 0.15) is 0 Å². The molecule has 1 aliphatic heterocycles. The van der Waals surface area contributed by atoms with Gasteiger partial charge in [-0.3, -0.25) is 4.90 Å². The number of nitrogens with zero attached hydrogens (tertiary/aromatic N) is 2. The molecule has 0 amide bonds. The first kappa shape index (κ1) is 11.4. The van der Waals surface area contributed by atoms with E-state index in [0.717, 1.165) is 0 Å². The zero-order valence-corrected chi connectivity index (χ0v) is 8.87. The van der Waals surface area contributed by atoms with Crippen molar-refractivity contribution in [3.63, 3.8) is 0 Å². The normalized spacial score (nSPS) is 30.4. The molecule has 1 aliphatic rings. The second-order valence-corrected chi connectivity index (χ2v) is 5.75. The summed E-state index contributed by atoms with van der Waals surface area (Å²) < 4.78 is 22.4. The van der Waals surface area contributed by atoms with Crippen molar-refractivity contribution in [2.24, 2.45) is 0 Å². The van der Waals surface area contributed by atoms with E-state index in [1.807, 2.05) is 6.07 Å². The molecule has 1 N–H and O–H groups in total. The van der Waals surface area contributed by atoms with Gasteiger partial charge in [0.05, 0.1) is 29.7 Å². The van der Waals surface area contributed by atoms with Crippen molar-refractivity contribution in [1.29, 1.82) is 5.26 Å². The smallest absolute Gasteiger partial charge is 0.154 e. The number of nitriles is 1. The summed E-state index contributed by atoms with van der Waals surface area (Å²) in [6.45, 7) is 0.494. The molecule has 14 heavy (non-hydrogen) atoms. The quantitative estimate of drug-likeness (QED) is 0.656. The molecule has 0 aromatic heterocycles. The third-order valence-electron chi connectivity index (χ3n) is 2.44. The van der Waals surface area contributed by atoms with Gasteiger partial charge in [-0.25, -0.2) is 8.42 Å². The monoisotopic (exact) mass is 218 g/mol. The summed E-state index contributed by atoms with van der Waals surface area (Å²) >= 11 is 0. The summed E-state index contributed by atoms with van der Waals surface area (Å²) in [4.78, 5) is 1.73. The SMILES string of the molecule is CN(CCC#N)C1CS(=O)(=O)CC1O. The molecule has 0 aromatic rings. The highest BCUT2D eigenvalue weighted by molar-refractivity contribution is 7.91. The fourth-order valence-corrected chi connectivity index (χ4v) is 3.50. The molecule has 1 rings (SSSR count). The van der Waals surface area contributed by atoms with Gasteiger partial charge in [0, 0.05) is 13.0 Å². The summed E-state index contributed by atoms with van der Waals surface area (Å²) in [5.41, 5.74) is 0. The van der Waals surface area contributed by atoms with E-state index in [4.69, 9.17) is 5.26 Å². The van der Waals surface area contributed by atoms with E-state index in [2.05, 4.69) is 0 Å². The topological polar surface area (TPSA) is 81.4 Å². The summed E-state index contributed by atoms with van der Waals surface area (Å²) in [6.07, 6.45) is -0.469. The largest absolute Gasteiger partial charge is 0.390 e. The highest BCUT2D eigenvalue weighted by atomic mass is 32.2. The maximum atomic E-state index is 11.2. The summed E-state index contributed by atoms with van der Waals surface area (Å²) in [6, 6.07) is 1.63. The molecule has 0 aliphatic carbocycles. The van der Waals surface area contributed by atoms with E-state index in [9.17, 15) is 13.5 Å². The van der Waals surface area contributed by atoms with E-state index < -0.39 is 15.9 Å². The Morgan fingerprint density at radius 1 is 1.57 bits per heavy atom. The van der Waals surface area contributed by atoms with Crippen LogP contribution in [0.5, 0.6) is 0 Å². The Kier molecular flexibility index (Phi) is 3.48. The van der Waals surface area contributed by atoms with Gasteiger partial charge in [-0.05, 0) is 7.05 Å². The second kappa shape index (κ2) is 4.26. The lowest BCUT2D eigenvalue weighted by Gasteiger charge is -2.24. The molecule has 1 saturated heterocycles. The van der Waals surface area contributed by atoms with Crippen LogP contribution in [0, 0.1) is 11.3 Å². The van der Waals surface area contributed by atoms with Crippen molar-refractivity contribution >= 4 is 9.84 Å². The standard InChI is InChI=1S/C8H14N2O3S/c1-10(4-2-3-9)7-5-14(12,13)6-8(7)11/h7-8,11H,2,4-6H2,1H3. The van der Waals surface area contributed by atoms with Crippen LogP contribution in [-0.2, 0) is 9.84 Å². The van der Waals surface area contributed by atoms with Gasteiger partial charge in [0.15, 0.2) is 9.84 Å². The molecule has 0 spiro atoms. The fraction of sp³-hybridized carbons (Fsp3) is 0.875. The second-order valence-electron chi connectivity index (χ2n) is 3.60. The zero-order valence-electron chi connectivity index (χ0n) is 8.05. The van der Waals surface area contributed by atoms with Gasteiger partial charge in [0.2, 0.25) is 0 Å². The maximum absolute atomic E-state index is 11.2. The van der Waals surface area contributed by atoms with E-state index in [-0.39, 0.29) is 17.5 Å². The highest BCUT2D eigenvalue weighted by Crippen LogP contribution is 2.17. The first-order valence-corrected chi connectivity index (χ1v) is 6.24. The number of hydrogen-bond acceptors (Lipinski definition) is 5. The lowest BCUT2D eigenvalue weighted by atomic mass is 10.2. The lowest BCUT2D eigenvalue weighted by Crippen LogP contribution is -2.40. The Balaban J connectivity index is 2.58.